The Labute approximate surface area is 181 Å². The van der Waals surface area contributed by atoms with Gasteiger partial charge in [0.25, 0.3) is 0 Å². The predicted octanol–water partition coefficient (Wildman–Crippen LogP) is 6.24. The highest BCUT2D eigenvalue weighted by atomic mass is 15.0. The van der Waals surface area contributed by atoms with Crippen molar-refractivity contribution in [2.45, 2.75) is 6.92 Å². The summed E-state index contributed by atoms with van der Waals surface area (Å²) in [6, 6.07) is 32.4. The minimum atomic E-state index is 0.654. The zero-order chi connectivity index (χ0) is 21.0. The summed E-state index contributed by atoms with van der Waals surface area (Å²) in [6.07, 6.45) is 1.90. The number of hydrogen-bond donors (Lipinski definition) is 0. The van der Waals surface area contributed by atoms with E-state index in [0.29, 0.717) is 17.5 Å². The number of pyridine rings is 1. The van der Waals surface area contributed by atoms with E-state index in [1.54, 1.807) is 0 Å². The third kappa shape index (κ3) is 4.09. The van der Waals surface area contributed by atoms with E-state index >= 15 is 0 Å². The van der Waals surface area contributed by atoms with Gasteiger partial charge in [-0.2, -0.15) is 0 Å². The Morgan fingerprint density at radius 1 is 0.419 bits per heavy atom. The molecule has 4 heteroatoms. The predicted molar refractivity (Wildman–Crippen MR) is 124 cm³/mol. The van der Waals surface area contributed by atoms with E-state index in [9.17, 15) is 0 Å². The monoisotopic (exact) mass is 400 g/mol. The van der Waals surface area contributed by atoms with Gasteiger partial charge in [-0.25, -0.2) is 15.0 Å². The molecule has 0 bridgehead atoms. The van der Waals surface area contributed by atoms with Crippen molar-refractivity contribution < 1.29 is 0 Å². The van der Waals surface area contributed by atoms with Gasteiger partial charge in [-0.3, -0.25) is 4.98 Å². The summed E-state index contributed by atoms with van der Waals surface area (Å²) < 4.78 is 0. The molecule has 0 saturated carbocycles. The second-order valence-electron chi connectivity index (χ2n) is 7.30. The fourth-order valence-corrected chi connectivity index (χ4v) is 3.39. The van der Waals surface area contributed by atoms with E-state index in [0.717, 1.165) is 33.5 Å². The standard InChI is InChI=1S/C27H20N4/c1-19-12-13-24(18-28-19)20-14-16-23(17-15-20)27-30-25(21-8-4-2-5-9-21)29-26(31-27)22-10-6-3-7-11-22/h2-18H,1H3. The fraction of sp³-hybridized carbons (Fsp3) is 0.0370. The van der Waals surface area contributed by atoms with Crippen LogP contribution in [0.3, 0.4) is 0 Å². The highest BCUT2D eigenvalue weighted by molar-refractivity contribution is 5.70. The van der Waals surface area contributed by atoms with Gasteiger partial charge in [0.2, 0.25) is 0 Å². The summed E-state index contributed by atoms with van der Waals surface area (Å²) in [5, 5.41) is 0. The third-order valence-electron chi connectivity index (χ3n) is 5.09. The zero-order valence-electron chi connectivity index (χ0n) is 17.1. The lowest BCUT2D eigenvalue weighted by atomic mass is 10.0. The number of benzene rings is 3. The Morgan fingerprint density at radius 3 is 1.29 bits per heavy atom. The molecular weight excluding hydrogens is 380 g/mol. The van der Waals surface area contributed by atoms with Crippen LogP contribution >= 0.6 is 0 Å². The van der Waals surface area contributed by atoms with Gasteiger partial charge in [-0.1, -0.05) is 91.0 Å². The quantitative estimate of drug-likeness (QED) is 0.358. The maximum atomic E-state index is 4.78. The Hall–Kier alpha value is -4.18. The van der Waals surface area contributed by atoms with Gasteiger partial charge >= 0.3 is 0 Å². The lowest BCUT2D eigenvalue weighted by Gasteiger charge is -2.09. The minimum Gasteiger partial charge on any atom is -0.261 e. The molecule has 0 aliphatic heterocycles. The van der Waals surface area contributed by atoms with Crippen LogP contribution in [0.1, 0.15) is 5.69 Å². The van der Waals surface area contributed by atoms with E-state index in [1.165, 1.54) is 0 Å². The molecule has 0 saturated heterocycles. The molecule has 148 valence electrons. The van der Waals surface area contributed by atoms with Crippen LogP contribution in [0.25, 0.3) is 45.3 Å². The second kappa shape index (κ2) is 8.28. The van der Waals surface area contributed by atoms with E-state index in [2.05, 4.69) is 23.2 Å². The van der Waals surface area contributed by atoms with Gasteiger partial charge in [0.1, 0.15) is 0 Å². The Morgan fingerprint density at radius 2 is 0.839 bits per heavy atom. The molecule has 0 atom stereocenters. The molecule has 0 aliphatic rings. The summed E-state index contributed by atoms with van der Waals surface area (Å²) in [7, 11) is 0. The summed E-state index contributed by atoms with van der Waals surface area (Å²) in [5.74, 6) is 1.98. The Bertz CT molecular complexity index is 1240. The van der Waals surface area contributed by atoms with Crippen LogP contribution in [0.5, 0.6) is 0 Å². The van der Waals surface area contributed by atoms with Crippen molar-refractivity contribution in [3.63, 3.8) is 0 Å². The Balaban J connectivity index is 1.58. The van der Waals surface area contributed by atoms with Crippen LogP contribution in [0.4, 0.5) is 0 Å². The van der Waals surface area contributed by atoms with E-state index in [1.807, 2.05) is 92.0 Å². The lowest BCUT2D eigenvalue weighted by molar-refractivity contribution is 1.07. The third-order valence-corrected chi connectivity index (χ3v) is 5.09. The molecule has 3 aromatic carbocycles. The van der Waals surface area contributed by atoms with E-state index in [-0.39, 0.29) is 0 Å². The van der Waals surface area contributed by atoms with Crippen molar-refractivity contribution in [2.24, 2.45) is 0 Å². The largest absolute Gasteiger partial charge is 0.261 e. The Kier molecular flexibility index (Phi) is 5.03. The molecule has 0 aliphatic carbocycles. The molecule has 4 nitrogen and oxygen atoms in total. The molecule has 2 heterocycles. The number of aryl methyl sites for hydroxylation is 1. The molecule has 0 unspecified atom stereocenters. The normalized spacial score (nSPS) is 10.7. The van der Waals surface area contributed by atoms with Crippen molar-refractivity contribution in [2.75, 3.05) is 0 Å². The zero-order valence-corrected chi connectivity index (χ0v) is 17.1. The van der Waals surface area contributed by atoms with Crippen LogP contribution < -0.4 is 0 Å². The van der Waals surface area contributed by atoms with E-state index in [4.69, 9.17) is 15.0 Å². The molecule has 5 rings (SSSR count). The van der Waals surface area contributed by atoms with Crippen LogP contribution in [0.2, 0.25) is 0 Å². The molecule has 0 fully saturated rings. The molecular formula is C27H20N4. The maximum Gasteiger partial charge on any atom is 0.164 e. The van der Waals surface area contributed by atoms with Crippen LogP contribution in [-0.2, 0) is 0 Å². The number of hydrogen-bond acceptors (Lipinski definition) is 4. The number of nitrogens with zero attached hydrogens (tertiary/aromatic N) is 4. The maximum absolute atomic E-state index is 4.78. The average Bonchev–Trinajstić information content (AvgIpc) is 2.85. The van der Waals surface area contributed by atoms with Gasteiger partial charge < -0.3 is 0 Å². The van der Waals surface area contributed by atoms with Crippen molar-refractivity contribution in [3.8, 4) is 45.3 Å². The summed E-state index contributed by atoms with van der Waals surface area (Å²) in [4.78, 5) is 18.7. The van der Waals surface area contributed by atoms with Crippen molar-refractivity contribution in [1.29, 1.82) is 0 Å². The first-order valence-corrected chi connectivity index (χ1v) is 10.2. The molecule has 0 spiro atoms. The fourth-order valence-electron chi connectivity index (χ4n) is 3.39. The molecule has 5 aromatic rings. The van der Waals surface area contributed by atoms with Gasteiger partial charge in [-0.05, 0) is 18.6 Å². The summed E-state index contributed by atoms with van der Waals surface area (Å²) in [5.41, 5.74) is 6.07. The summed E-state index contributed by atoms with van der Waals surface area (Å²) >= 11 is 0. The first-order chi connectivity index (χ1) is 15.3. The van der Waals surface area contributed by atoms with E-state index < -0.39 is 0 Å². The average molecular weight is 400 g/mol. The van der Waals surface area contributed by atoms with Gasteiger partial charge in [0, 0.05) is 34.1 Å². The summed E-state index contributed by atoms with van der Waals surface area (Å²) in [6.45, 7) is 1.99. The van der Waals surface area contributed by atoms with Crippen LogP contribution in [0, 0.1) is 6.92 Å². The second-order valence-corrected chi connectivity index (χ2v) is 7.30. The molecule has 0 amide bonds. The van der Waals surface area contributed by atoms with Crippen molar-refractivity contribution >= 4 is 0 Å². The lowest BCUT2D eigenvalue weighted by Crippen LogP contribution is -2.00. The first-order valence-electron chi connectivity index (χ1n) is 10.2. The van der Waals surface area contributed by atoms with Gasteiger partial charge in [0.15, 0.2) is 17.5 Å². The molecule has 2 aromatic heterocycles. The van der Waals surface area contributed by atoms with Gasteiger partial charge in [-0.15, -0.1) is 0 Å². The van der Waals surface area contributed by atoms with Crippen molar-refractivity contribution in [1.82, 2.24) is 19.9 Å². The SMILES string of the molecule is Cc1ccc(-c2ccc(-c3nc(-c4ccccc4)nc(-c4ccccc4)n3)cc2)cn1. The van der Waals surface area contributed by atoms with Gasteiger partial charge in [0.05, 0.1) is 0 Å². The minimum absolute atomic E-state index is 0.654. The molecule has 31 heavy (non-hydrogen) atoms. The number of rotatable bonds is 4. The molecule has 0 radical (unpaired) electrons. The van der Waals surface area contributed by atoms with Crippen LogP contribution in [0.15, 0.2) is 103 Å². The highest BCUT2D eigenvalue weighted by Crippen LogP contribution is 2.26. The highest BCUT2D eigenvalue weighted by Gasteiger charge is 2.12. The topological polar surface area (TPSA) is 51.6 Å². The smallest absolute Gasteiger partial charge is 0.164 e. The van der Waals surface area contributed by atoms with Crippen molar-refractivity contribution in [3.05, 3.63) is 109 Å². The molecule has 0 N–H and O–H groups in total. The van der Waals surface area contributed by atoms with Crippen LogP contribution in [-0.4, -0.2) is 19.9 Å². The number of aromatic nitrogens is 4. The first kappa shape index (κ1) is 18.8.